The van der Waals surface area contributed by atoms with Gasteiger partial charge in [-0.2, -0.15) is 0 Å². The Hall–Kier alpha value is -1.56. The van der Waals surface area contributed by atoms with E-state index >= 15 is 0 Å². The lowest BCUT2D eigenvalue weighted by Gasteiger charge is -2.26. The number of morpholine rings is 1. The fourth-order valence-corrected chi connectivity index (χ4v) is 2.84. The molecule has 10 nitrogen and oxygen atoms in total. The van der Waals surface area contributed by atoms with Crippen molar-refractivity contribution in [1.82, 2.24) is 19.4 Å². The number of rotatable bonds is 5. The standard InChI is InChI=1S/C8H13N5O5S/c14-13(15)8-9-1-2-11(8)7-19(16,17)10-12-3-5-18-6-4-12/h1-2,10H,3-7H2. The number of imidazole rings is 1. The predicted octanol–water partition coefficient (Wildman–Crippen LogP) is -1.08. The molecule has 1 aromatic rings. The number of hydrogen-bond donors (Lipinski definition) is 1. The van der Waals surface area contributed by atoms with Crippen molar-refractivity contribution in [2.24, 2.45) is 0 Å². The average Bonchev–Trinajstić information content (AvgIpc) is 2.77. The molecular weight excluding hydrogens is 278 g/mol. The molecule has 1 aromatic heterocycles. The fourth-order valence-electron chi connectivity index (χ4n) is 1.64. The summed E-state index contributed by atoms with van der Waals surface area (Å²) in [7, 11) is -3.72. The van der Waals surface area contributed by atoms with Crippen LogP contribution < -0.4 is 4.83 Å². The quantitative estimate of drug-likeness (QED) is 0.541. The summed E-state index contributed by atoms with van der Waals surface area (Å²) in [6.45, 7) is 1.75. The molecule has 1 fully saturated rings. The number of hydrazine groups is 1. The topological polar surface area (TPSA) is 120 Å². The van der Waals surface area contributed by atoms with Gasteiger partial charge in [-0.3, -0.25) is 0 Å². The number of ether oxygens (including phenoxy) is 1. The fraction of sp³-hybridized carbons (Fsp3) is 0.625. The minimum atomic E-state index is -3.72. The van der Waals surface area contributed by atoms with E-state index in [-0.39, 0.29) is 0 Å². The second kappa shape index (κ2) is 5.61. The van der Waals surface area contributed by atoms with Gasteiger partial charge in [-0.1, -0.05) is 4.98 Å². The first kappa shape index (κ1) is 13.9. The summed E-state index contributed by atoms with van der Waals surface area (Å²) < 4.78 is 29.8. The Balaban J connectivity index is 2.04. The molecule has 0 aromatic carbocycles. The van der Waals surface area contributed by atoms with Gasteiger partial charge in [0.15, 0.2) is 5.88 Å². The van der Waals surface area contributed by atoms with Gasteiger partial charge in [-0.15, -0.1) is 4.83 Å². The maximum absolute atomic E-state index is 11.9. The van der Waals surface area contributed by atoms with Crippen molar-refractivity contribution in [2.75, 3.05) is 26.3 Å². The molecule has 1 aliphatic rings. The zero-order valence-corrected chi connectivity index (χ0v) is 10.7. The first-order chi connectivity index (χ1) is 8.98. The Morgan fingerprint density at radius 2 is 2.16 bits per heavy atom. The van der Waals surface area contributed by atoms with E-state index < -0.39 is 26.8 Å². The molecule has 0 unspecified atom stereocenters. The van der Waals surface area contributed by atoms with Gasteiger partial charge in [0, 0.05) is 13.1 Å². The summed E-state index contributed by atoms with van der Waals surface area (Å²) in [6.07, 6.45) is 2.43. The van der Waals surface area contributed by atoms with Crippen LogP contribution in [0.4, 0.5) is 5.95 Å². The molecule has 1 N–H and O–H groups in total. The van der Waals surface area contributed by atoms with Crippen molar-refractivity contribution in [3.8, 4) is 0 Å². The Morgan fingerprint density at radius 3 is 2.79 bits per heavy atom. The van der Waals surface area contributed by atoms with Gasteiger partial charge in [-0.05, 0) is 4.92 Å². The summed E-state index contributed by atoms with van der Waals surface area (Å²) in [6, 6.07) is 0. The van der Waals surface area contributed by atoms with E-state index in [0.717, 1.165) is 4.57 Å². The van der Waals surface area contributed by atoms with Crippen LogP contribution in [0.3, 0.4) is 0 Å². The van der Waals surface area contributed by atoms with E-state index in [1.54, 1.807) is 0 Å². The highest BCUT2D eigenvalue weighted by molar-refractivity contribution is 7.88. The third kappa shape index (κ3) is 3.70. The molecular formula is C8H13N5O5S. The molecule has 0 spiro atoms. The number of hydrogen-bond acceptors (Lipinski definition) is 7. The van der Waals surface area contributed by atoms with E-state index in [0.29, 0.717) is 26.3 Å². The van der Waals surface area contributed by atoms with Crippen molar-refractivity contribution in [2.45, 2.75) is 5.88 Å². The van der Waals surface area contributed by atoms with Gasteiger partial charge in [0.1, 0.15) is 12.4 Å². The number of nitrogens with one attached hydrogen (secondary N) is 1. The van der Waals surface area contributed by atoms with Crippen LogP contribution in [0, 0.1) is 10.1 Å². The van der Waals surface area contributed by atoms with Crippen LogP contribution in [0.25, 0.3) is 0 Å². The molecule has 1 aliphatic heterocycles. The Kier molecular flexibility index (Phi) is 4.09. The zero-order valence-electron chi connectivity index (χ0n) is 9.93. The van der Waals surface area contributed by atoms with Crippen molar-refractivity contribution in [3.63, 3.8) is 0 Å². The summed E-state index contributed by atoms with van der Waals surface area (Å²) in [4.78, 5) is 15.7. The van der Waals surface area contributed by atoms with Gasteiger partial charge in [0.25, 0.3) is 10.0 Å². The van der Waals surface area contributed by atoms with E-state index in [1.165, 1.54) is 17.4 Å². The van der Waals surface area contributed by atoms with Crippen molar-refractivity contribution in [3.05, 3.63) is 22.5 Å². The van der Waals surface area contributed by atoms with Crippen LogP contribution in [0.5, 0.6) is 0 Å². The van der Waals surface area contributed by atoms with Gasteiger partial charge >= 0.3 is 5.95 Å². The van der Waals surface area contributed by atoms with Crippen LogP contribution in [-0.2, 0) is 20.6 Å². The summed E-state index contributed by atoms with van der Waals surface area (Å²) in [5.74, 6) is -1.06. The lowest BCUT2D eigenvalue weighted by Crippen LogP contribution is -2.49. The Labute approximate surface area is 109 Å². The minimum absolute atomic E-state index is 0.436. The maximum Gasteiger partial charge on any atom is 0.435 e. The Bertz CT molecular complexity index is 550. The van der Waals surface area contributed by atoms with E-state index in [1.807, 2.05) is 0 Å². The van der Waals surface area contributed by atoms with Crippen LogP contribution in [0.1, 0.15) is 0 Å². The second-order valence-corrected chi connectivity index (χ2v) is 5.56. The molecule has 106 valence electrons. The van der Waals surface area contributed by atoms with Crippen LogP contribution in [0.2, 0.25) is 0 Å². The monoisotopic (exact) mass is 291 g/mol. The summed E-state index contributed by atoms with van der Waals surface area (Å²) in [5.41, 5.74) is 0. The van der Waals surface area contributed by atoms with Gasteiger partial charge in [0.05, 0.1) is 13.2 Å². The van der Waals surface area contributed by atoms with E-state index in [2.05, 4.69) is 9.82 Å². The van der Waals surface area contributed by atoms with Crippen molar-refractivity contribution >= 4 is 16.0 Å². The Morgan fingerprint density at radius 1 is 1.47 bits per heavy atom. The molecule has 0 radical (unpaired) electrons. The molecule has 11 heteroatoms. The molecule has 0 amide bonds. The summed E-state index contributed by atoms with van der Waals surface area (Å²) in [5, 5.41) is 12.1. The SMILES string of the molecule is O=[N+]([O-])c1nccn1CS(=O)(=O)NN1CCOCC1. The smallest absolute Gasteiger partial charge is 0.390 e. The molecule has 19 heavy (non-hydrogen) atoms. The maximum atomic E-state index is 11.9. The first-order valence-corrected chi connectivity index (χ1v) is 7.11. The highest BCUT2D eigenvalue weighted by atomic mass is 32.2. The van der Waals surface area contributed by atoms with E-state index in [4.69, 9.17) is 4.74 Å². The highest BCUT2D eigenvalue weighted by Crippen LogP contribution is 2.09. The molecule has 0 aliphatic carbocycles. The van der Waals surface area contributed by atoms with Crippen molar-refractivity contribution in [1.29, 1.82) is 0 Å². The largest absolute Gasteiger partial charge is 0.435 e. The van der Waals surface area contributed by atoms with Crippen LogP contribution in [-0.4, -0.2) is 54.2 Å². The molecule has 2 heterocycles. The predicted molar refractivity (Wildman–Crippen MR) is 63.3 cm³/mol. The minimum Gasteiger partial charge on any atom is -0.390 e. The van der Waals surface area contributed by atoms with Crippen molar-refractivity contribution < 1.29 is 18.1 Å². The van der Waals surface area contributed by atoms with E-state index in [9.17, 15) is 18.5 Å². The third-order valence-electron chi connectivity index (χ3n) is 2.45. The number of nitro groups is 1. The summed E-state index contributed by atoms with van der Waals surface area (Å²) >= 11 is 0. The molecule has 0 bridgehead atoms. The van der Waals surface area contributed by atoms with Crippen LogP contribution >= 0.6 is 0 Å². The van der Waals surface area contributed by atoms with Gasteiger partial charge in [0.2, 0.25) is 0 Å². The number of nitrogens with zero attached hydrogens (tertiary/aromatic N) is 4. The average molecular weight is 291 g/mol. The number of aromatic nitrogens is 2. The molecule has 1 saturated heterocycles. The highest BCUT2D eigenvalue weighted by Gasteiger charge is 2.23. The van der Waals surface area contributed by atoms with Crippen LogP contribution in [0.15, 0.2) is 12.4 Å². The lowest BCUT2D eigenvalue weighted by atomic mass is 10.5. The van der Waals surface area contributed by atoms with Gasteiger partial charge < -0.3 is 14.9 Å². The van der Waals surface area contributed by atoms with Gasteiger partial charge in [-0.25, -0.2) is 18.0 Å². The zero-order chi connectivity index (χ0) is 13.9. The first-order valence-electron chi connectivity index (χ1n) is 5.46. The second-order valence-electron chi connectivity index (χ2n) is 3.89. The number of sulfonamides is 1. The third-order valence-corrected chi connectivity index (χ3v) is 3.60. The lowest BCUT2D eigenvalue weighted by molar-refractivity contribution is -0.396. The molecule has 0 atom stereocenters. The molecule has 0 saturated carbocycles. The normalized spacial score (nSPS) is 17.5. The molecule has 2 rings (SSSR count).